The molecule has 4 heteroatoms. The van der Waals surface area contributed by atoms with Crippen LogP contribution in [0.25, 0.3) is 0 Å². The van der Waals surface area contributed by atoms with Gasteiger partial charge in [-0.25, -0.2) is 0 Å². The first-order chi connectivity index (χ1) is 0. The second-order valence-electron chi connectivity index (χ2n) is 0. The fourth-order valence-corrected chi connectivity index (χ4v) is 0. The Morgan fingerprint density at radius 3 is 0.500 bits per heavy atom. The van der Waals surface area contributed by atoms with Crippen LogP contribution in [0.1, 0.15) is 0 Å². The molecule has 0 N–H and O–H groups in total. The number of hydrogen-bond acceptors (Lipinski definition) is 0. The van der Waals surface area contributed by atoms with Crippen molar-refractivity contribution in [2.24, 2.45) is 0 Å². The fraction of sp³-hybridized carbons (Fsp3) is 0. The molecule has 0 unspecified atom stereocenters. The third-order valence-electron chi connectivity index (χ3n) is 0. The summed E-state index contributed by atoms with van der Waals surface area (Å²) in [6, 6.07) is 0. The summed E-state index contributed by atoms with van der Waals surface area (Å²) in [7, 11) is 0. The van der Waals surface area contributed by atoms with E-state index in [1.54, 1.807) is 0 Å². The van der Waals surface area contributed by atoms with Gasteiger partial charge in [-0.2, -0.15) is 0 Å². The first-order valence-electron chi connectivity index (χ1n) is 0. The predicted octanol–water partition coefficient (Wildman–Crippen LogP) is -9.37. The molecule has 0 aromatic heterocycles. The zero-order chi connectivity index (χ0) is 0. The minimum absolute atomic E-state index is 0. The average molecular weight is 96.1 g/mol. The molecule has 0 aliphatic heterocycles. The van der Waals surface area contributed by atoms with Gasteiger partial charge in [0.2, 0.25) is 0 Å². The van der Waals surface area contributed by atoms with E-state index in [9.17, 15) is 0 Å². The van der Waals surface area contributed by atoms with Crippen LogP contribution in [0.4, 0.5) is 0 Å². The van der Waals surface area contributed by atoms with Crippen LogP contribution in [0.15, 0.2) is 0 Å². The van der Waals surface area contributed by atoms with Crippen molar-refractivity contribution in [3.8, 4) is 0 Å². The molecular formula is F3K. The van der Waals surface area contributed by atoms with Gasteiger partial charge in [0.1, 0.15) is 0 Å². The van der Waals surface area contributed by atoms with Crippen LogP contribution < -0.4 is 14.1 Å². The molecule has 0 saturated heterocycles. The molecule has 0 aromatic rings. The molecule has 0 fully saturated rings. The minimum Gasteiger partial charge on any atom is -1.00 e. The van der Waals surface area contributed by atoms with E-state index in [2.05, 4.69) is 0 Å². The summed E-state index contributed by atoms with van der Waals surface area (Å²) >= 11 is 0. The zero-order valence-corrected chi connectivity index (χ0v) is 5.26. The van der Waals surface area contributed by atoms with Crippen molar-refractivity contribution in [2.45, 2.75) is 0 Å². The van der Waals surface area contributed by atoms with E-state index in [0.29, 0.717) is 0 Å². The summed E-state index contributed by atoms with van der Waals surface area (Å²) in [5.41, 5.74) is 0. The number of hydrogen-bond donors (Lipinski definition) is 0. The van der Waals surface area contributed by atoms with Crippen LogP contribution >= 0.6 is 0 Å². The maximum absolute atomic E-state index is 0. The van der Waals surface area contributed by atoms with Gasteiger partial charge in [-0.15, -0.1) is 0 Å². The van der Waals surface area contributed by atoms with Gasteiger partial charge in [0.25, 0.3) is 0 Å². The van der Waals surface area contributed by atoms with Gasteiger partial charge >= 0.3 is 51.4 Å². The van der Waals surface area contributed by atoms with Crippen LogP contribution in [0.5, 0.6) is 0 Å². The average Bonchev–Trinajstić information content (AvgIpc) is 0. The van der Waals surface area contributed by atoms with Crippen molar-refractivity contribution in [2.75, 3.05) is 0 Å². The largest absolute Gasteiger partial charge is 3.00 e. The smallest absolute Gasteiger partial charge is 1.00 e. The van der Waals surface area contributed by atoms with Crippen molar-refractivity contribution < 1.29 is 14.1 Å². The molecule has 0 rings (SSSR count). The van der Waals surface area contributed by atoms with E-state index in [1.807, 2.05) is 0 Å². The molecule has 0 bridgehead atoms. The van der Waals surface area contributed by atoms with Crippen molar-refractivity contribution in [3.05, 3.63) is 0 Å². The normalized spacial score (nSPS) is 0. The Morgan fingerprint density at radius 2 is 0.500 bits per heavy atom. The topological polar surface area (TPSA) is 0 Å². The summed E-state index contributed by atoms with van der Waals surface area (Å²) in [5, 5.41) is 0. The van der Waals surface area contributed by atoms with Gasteiger partial charge in [0, 0.05) is 0 Å². The zero-order valence-electron chi connectivity index (χ0n) is 2.13. The number of halogens is 3. The van der Waals surface area contributed by atoms with Crippen molar-refractivity contribution >= 4 is 51.4 Å². The van der Waals surface area contributed by atoms with Crippen LogP contribution in [0.3, 0.4) is 0 Å². The monoisotopic (exact) mass is 96.0 g/mol. The molecule has 10 radical (unpaired) electrons. The third-order valence-corrected chi connectivity index (χ3v) is 0. The first kappa shape index (κ1) is 52.3. The van der Waals surface area contributed by atoms with Crippen LogP contribution in [0, 0.1) is 0 Å². The van der Waals surface area contributed by atoms with Crippen LogP contribution in [0.2, 0.25) is 0 Å². The molecule has 0 heterocycles. The van der Waals surface area contributed by atoms with E-state index in [-0.39, 0.29) is 65.5 Å². The molecule has 0 aliphatic carbocycles. The summed E-state index contributed by atoms with van der Waals surface area (Å²) in [4.78, 5) is 0. The minimum atomic E-state index is 0. The summed E-state index contributed by atoms with van der Waals surface area (Å²) < 4.78 is 0. The summed E-state index contributed by atoms with van der Waals surface area (Å²) in [6.45, 7) is 0. The van der Waals surface area contributed by atoms with Crippen LogP contribution in [-0.2, 0) is 0 Å². The van der Waals surface area contributed by atoms with E-state index < -0.39 is 0 Å². The second-order valence-corrected chi connectivity index (χ2v) is 0. The van der Waals surface area contributed by atoms with Gasteiger partial charge in [-0.3, -0.25) is 0 Å². The Morgan fingerprint density at radius 1 is 0.500 bits per heavy atom. The molecule has 0 atom stereocenters. The molecule has 4 heavy (non-hydrogen) atoms. The quantitative estimate of drug-likeness (QED) is 0.263. The van der Waals surface area contributed by atoms with Crippen molar-refractivity contribution in [3.63, 3.8) is 0 Å². The molecule has 0 saturated carbocycles. The van der Waals surface area contributed by atoms with Gasteiger partial charge in [-0.05, 0) is 0 Å². The molecule has 0 aromatic carbocycles. The summed E-state index contributed by atoms with van der Waals surface area (Å²) in [6.07, 6.45) is 0. The van der Waals surface area contributed by atoms with Crippen molar-refractivity contribution in [1.29, 1.82) is 0 Å². The SMILES string of the molecule is [F-].[F-].[F-].[K+3]. The Hall–Kier alpha value is 1.43. The maximum atomic E-state index is 0. The molecule has 22 valence electrons. The molecule has 0 aliphatic rings. The van der Waals surface area contributed by atoms with Crippen molar-refractivity contribution in [1.82, 2.24) is 0 Å². The predicted molar refractivity (Wildman–Crippen MR) is 5.75 cm³/mol. The summed E-state index contributed by atoms with van der Waals surface area (Å²) in [5.74, 6) is 0. The fourth-order valence-electron chi connectivity index (χ4n) is 0. The Kier molecular flexibility index (Phi) is 334. The van der Waals surface area contributed by atoms with E-state index in [1.165, 1.54) is 0 Å². The standard InChI is InChI=1S/3FH.K/h3*1H;/q;;;+3/p-3. The van der Waals surface area contributed by atoms with E-state index in [0.717, 1.165) is 0 Å². The van der Waals surface area contributed by atoms with E-state index in [4.69, 9.17) is 0 Å². The third kappa shape index (κ3) is 9.91. The molecule has 0 nitrogen and oxygen atoms in total. The Balaban J connectivity index is 0. The molecule has 0 spiro atoms. The van der Waals surface area contributed by atoms with Gasteiger partial charge in [0.15, 0.2) is 0 Å². The first-order valence-corrected chi connectivity index (χ1v) is 0. The molecule has 0 amide bonds. The molecular weight excluding hydrogens is 96.1 g/mol. The van der Waals surface area contributed by atoms with E-state index >= 15 is 0 Å². The van der Waals surface area contributed by atoms with Crippen LogP contribution in [-0.4, -0.2) is 51.4 Å². The Bertz CT molecular complexity index is 3.25. The van der Waals surface area contributed by atoms with Gasteiger partial charge in [0.05, 0.1) is 0 Å². The van der Waals surface area contributed by atoms with Gasteiger partial charge in [-0.1, -0.05) is 0 Å². The van der Waals surface area contributed by atoms with Gasteiger partial charge < -0.3 is 14.1 Å². The maximum Gasteiger partial charge on any atom is 3.00 e. The number of rotatable bonds is 0. The second kappa shape index (κ2) is 25.5. The Labute approximate surface area is 64.5 Å².